The van der Waals surface area contributed by atoms with Gasteiger partial charge in [-0.2, -0.15) is 5.26 Å². The van der Waals surface area contributed by atoms with Gasteiger partial charge in [-0.15, -0.1) is 0 Å². The van der Waals surface area contributed by atoms with Crippen LogP contribution in [-0.2, 0) is 0 Å². The van der Waals surface area contributed by atoms with Gasteiger partial charge in [0.05, 0.1) is 11.6 Å². The molecule has 3 rings (SSSR count). The smallest absolute Gasteiger partial charge is 0.0991 e. The molecule has 0 radical (unpaired) electrons. The quantitative estimate of drug-likeness (QED) is 0.781. The Bertz CT molecular complexity index is 775. The Hall–Kier alpha value is -2.11. The molecule has 0 aliphatic carbocycles. The molecule has 0 amide bonds. The van der Waals surface area contributed by atoms with Gasteiger partial charge in [-0.3, -0.25) is 4.90 Å². The summed E-state index contributed by atoms with van der Waals surface area (Å²) in [7, 11) is 0. The highest BCUT2D eigenvalue weighted by Gasteiger charge is 2.30. The Kier molecular flexibility index (Phi) is 4.24. The molecule has 2 aromatic rings. The average Bonchev–Trinajstić information content (AvgIpc) is 3.01. The SMILES string of the molecule is CC(C)(C)N1CCC[C@H]1C=Cc1ccc2cc(C#N)ccc2c1. The maximum atomic E-state index is 8.98. The molecule has 1 atom stereocenters. The molecule has 0 aromatic heterocycles. The molecule has 2 nitrogen and oxygen atoms in total. The van der Waals surface area contributed by atoms with Crippen molar-refractivity contribution in [1.82, 2.24) is 4.90 Å². The van der Waals surface area contributed by atoms with E-state index in [0.717, 1.165) is 5.39 Å². The highest BCUT2D eigenvalue weighted by Crippen LogP contribution is 2.28. The summed E-state index contributed by atoms with van der Waals surface area (Å²) in [5, 5.41) is 11.3. The molecule has 1 saturated heterocycles. The minimum Gasteiger partial charge on any atom is -0.292 e. The van der Waals surface area contributed by atoms with Crippen LogP contribution in [0.1, 0.15) is 44.7 Å². The van der Waals surface area contributed by atoms with Crippen molar-refractivity contribution in [3.8, 4) is 6.07 Å². The fourth-order valence-corrected chi connectivity index (χ4v) is 3.49. The largest absolute Gasteiger partial charge is 0.292 e. The monoisotopic (exact) mass is 304 g/mol. The van der Waals surface area contributed by atoms with Crippen LogP contribution in [0.4, 0.5) is 0 Å². The summed E-state index contributed by atoms with van der Waals surface area (Å²) in [4.78, 5) is 2.59. The van der Waals surface area contributed by atoms with Crippen LogP contribution in [0, 0.1) is 11.3 Å². The summed E-state index contributed by atoms with van der Waals surface area (Å²) >= 11 is 0. The topological polar surface area (TPSA) is 27.0 Å². The van der Waals surface area contributed by atoms with E-state index >= 15 is 0 Å². The van der Waals surface area contributed by atoms with Crippen molar-refractivity contribution < 1.29 is 0 Å². The van der Waals surface area contributed by atoms with Crippen molar-refractivity contribution in [3.63, 3.8) is 0 Å². The molecule has 2 heteroatoms. The number of rotatable bonds is 2. The Morgan fingerprint density at radius 2 is 1.87 bits per heavy atom. The minimum absolute atomic E-state index is 0.225. The first-order chi connectivity index (χ1) is 11.0. The highest BCUT2D eigenvalue weighted by molar-refractivity contribution is 5.85. The number of nitriles is 1. The van der Waals surface area contributed by atoms with Gasteiger partial charge in [0, 0.05) is 11.6 Å². The van der Waals surface area contributed by atoms with Gasteiger partial charge in [-0.25, -0.2) is 0 Å². The van der Waals surface area contributed by atoms with E-state index in [0.29, 0.717) is 11.6 Å². The molecule has 0 bridgehead atoms. The van der Waals surface area contributed by atoms with Crippen LogP contribution in [0.15, 0.2) is 42.5 Å². The van der Waals surface area contributed by atoms with E-state index < -0.39 is 0 Å². The zero-order chi connectivity index (χ0) is 16.4. The summed E-state index contributed by atoms with van der Waals surface area (Å²) in [5.41, 5.74) is 2.17. The average molecular weight is 304 g/mol. The predicted octanol–water partition coefficient (Wildman–Crippen LogP) is 4.99. The maximum absolute atomic E-state index is 8.98. The van der Waals surface area contributed by atoms with Crippen LogP contribution in [0.3, 0.4) is 0 Å². The van der Waals surface area contributed by atoms with Crippen LogP contribution in [0.25, 0.3) is 16.8 Å². The highest BCUT2D eigenvalue weighted by atomic mass is 15.2. The van der Waals surface area contributed by atoms with Crippen LogP contribution < -0.4 is 0 Å². The molecule has 1 aliphatic heterocycles. The van der Waals surface area contributed by atoms with E-state index in [1.165, 1.54) is 30.3 Å². The molecule has 1 aliphatic rings. The van der Waals surface area contributed by atoms with E-state index in [9.17, 15) is 0 Å². The van der Waals surface area contributed by atoms with E-state index in [1.807, 2.05) is 18.2 Å². The van der Waals surface area contributed by atoms with Crippen LogP contribution in [-0.4, -0.2) is 23.0 Å². The van der Waals surface area contributed by atoms with Gasteiger partial charge >= 0.3 is 0 Å². The third-order valence-electron chi connectivity index (χ3n) is 4.67. The van der Waals surface area contributed by atoms with Crippen LogP contribution in [0.2, 0.25) is 0 Å². The lowest BCUT2D eigenvalue weighted by molar-refractivity contribution is 0.144. The molecular weight excluding hydrogens is 280 g/mol. The van der Waals surface area contributed by atoms with Gasteiger partial charge < -0.3 is 0 Å². The van der Waals surface area contributed by atoms with E-state index in [2.05, 4.69) is 62.1 Å². The molecular formula is C21H24N2. The number of benzene rings is 2. The minimum atomic E-state index is 0.225. The second kappa shape index (κ2) is 6.18. The lowest BCUT2D eigenvalue weighted by Gasteiger charge is -2.35. The zero-order valence-corrected chi connectivity index (χ0v) is 14.2. The fourth-order valence-electron chi connectivity index (χ4n) is 3.49. The fraction of sp³-hybridized carbons (Fsp3) is 0.381. The zero-order valence-electron chi connectivity index (χ0n) is 14.2. The Balaban J connectivity index is 1.82. The molecule has 1 fully saturated rings. The van der Waals surface area contributed by atoms with Gasteiger partial charge in [-0.05, 0) is 74.7 Å². The molecule has 2 aromatic carbocycles. The second-order valence-corrected chi connectivity index (χ2v) is 7.37. The van der Waals surface area contributed by atoms with Crippen molar-refractivity contribution >= 4 is 16.8 Å². The van der Waals surface area contributed by atoms with E-state index in [-0.39, 0.29) is 5.54 Å². The first kappa shape index (κ1) is 15.8. The molecule has 0 saturated carbocycles. The van der Waals surface area contributed by atoms with E-state index in [1.54, 1.807) is 0 Å². The van der Waals surface area contributed by atoms with Crippen molar-refractivity contribution in [2.24, 2.45) is 0 Å². The maximum Gasteiger partial charge on any atom is 0.0991 e. The molecule has 0 spiro atoms. The number of nitrogens with zero attached hydrogens (tertiary/aromatic N) is 2. The van der Waals surface area contributed by atoms with Crippen LogP contribution in [0.5, 0.6) is 0 Å². The Labute approximate surface area is 139 Å². The molecule has 0 N–H and O–H groups in total. The standard InChI is InChI=1S/C21H24N2/c1-21(2,3)23-12-4-5-20(23)11-8-16-6-9-19-14-17(15-22)7-10-18(19)13-16/h6-11,13-14,20H,4-5,12H2,1-3H3/t20-/m0/s1. The number of hydrogen-bond acceptors (Lipinski definition) is 2. The van der Waals surface area contributed by atoms with Gasteiger partial charge in [0.1, 0.15) is 0 Å². The predicted molar refractivity (Wildman–Crippen MR) is 97.2 cm³/mol. The van der Waals surface area contributed by atoms with Crippen molar-refractivity contribution in [1.29, 1.82) is 5.26 Å². The Morgan fingerprint density at radius 3 is 2.61 bits per heavy atom. The first-order valence-corrected chi connectivity index (χ1v) is 8.36. The summed E-state index contributed by atoms with van der Waals surface area (Å²) < 4.78 is 0. The summed E-state index contributed by atoms with van der Waals surface area (Å²) in [6.07, 6.45) is 7.11. The molecule has 0 unspecified atom stereocenters. The van der Waals surface area contributed by atoms with Crippen molar-refractivity contribution in [3.05, 3.63) is 53.6 Å². The van der Waals surface area contributed by atoms with Gasteiger partial charge in [0.15, 0.2) is 0 Å². The van der Waals surface area contributed by atoms with Gasteiger partial charge in [0.2, 0.25) is 0 Å². The third-order valence-corrected chi connectivity index (χ3v) is 4.67. The molecule has 118 valence electrons. The number of fused-ring (bicyclic) bond motifs is 1. The lowest BCUT2D eigenvalue weighted by Crippen LogP contribution is -2.43. The lowest BCUT2D eigenvalue weighted by atomic mass is 10.0. The van der Waals surface area contributed by atoms with Crippen LogP contribution >= 0.6 is 0 Å². The van der Waals surface area contributed by atoms with Gasteiger partial charge in [0.25, 0.3) is 0 Å². The Morgan fingerprint density at radius 1 is 1.13 bits per heavy atom. The molecule has 1 heterocycles. The normalized spacial score (nSPS) is 19.5. The van der Waals surface area contributed by atoms with Crippen molar-refractivity contribution in [2.75, 3.05) is 6.54 Å². The summed E-state index contributed by atoms with van der Waals surface area (Å²) in [6, 6.07) is 15.0. The van der Waals surface area contributed by atoms with E-state index in [4.69, 9.17) is 5.26 Å². The summed E-state index contributed by atoms with van der Waals surface area (Å²) in [6.45, 7) is 8.07. The second-order valence-electron chi connectivity index (χ2n) is 7.37. The molecule has 23 heavy (non-hydrogen) atoms. The summed E-state index contributed by atoms with van der Waals surface area (Å²) in [5.74, 6) is 0. The number of likely N-dealkylation sites (tertiary alicyclic amines) is 1. The third kappa shape index (κ3) is 3.46. The van der Waals surface area contributed by atoms with Gasteiger partial charge in [-0.1, -0.05) is 30.4 Å². The first-order valence-electron chi connectivity index (χ1n) is 8.36. The van der Waals surface area contributed by atoms with Crippen molar-refractivity contribution in [2.45, 2.75) is 45.2 Å². The number of hydrogen-bond donors (Lipinski definition) is 0.